The number of hydrogen-bond acceptors (Lipinski definition) is 12. The van der Waals surface area contributed by atoms with Gasteiger partial charge in [0.1, 0.15) is 52.4 Å². The van der Waals surface area contributed by atoms with Gasteiger partial charge in [-0.2, -0.15) is 5.26 Å². The lowest BCUT2D eigenvalue weighted by atomic mass is 9.75. The highest BCUT2D eigenvalue weighted by Crippen LogP contribution is 2.45. The highest BCUT2D eigenvalue weighted by atomic mass is 35.5. The number of aromatic nitrogens is 5. The Morgan fingerprint density at radius 2 is 2.28 bits per heavy atom. The number of ether oxygens (including phenoxy) is 2. The number of methoxy groups -OCH3 is 1. The lowest BCUT2D eigenvalue weighted by molar-refractivity contribution is -0.213. The molecule has 1 fully saturated rings. The molecule has 0 bridgehead atoms. The Balaban J connectivity index is 2.03. The van der Waals surface area contributed by atoms with Crippen LogP contribution in [-0.2, 0) is 15.0 Å². The van der Waals surface area contributed by atoms with Crippen LogP contribution in [-0.4, -0.2) is 72.6 Å². The van der Waals surface area contributed by atoms with Crippen molar-refractivity contribution in [1.82, 2.24) is 25.0 Å². The zero-order valence-electron chi connectivity index (χ0n) is 16.5. The van der Waals surface area contributed by atoms with Gasteiger partial charge < -0.3 is 25.4 Å². The van der Waals surface area contributed by atoms with Crippen LogP contribution in [0, 0.1) is 11.3 Å². The molecule has 3 aromatic heterocycles. The van der Waals surface area contributed by atoms with E-state index in [4.69, 9.17) is 26.8 Å². The maximum atomic E-state index is 11.5. The maximum absolute atomic E-state index is 11.5. The molecule has 1 aliphatic heterocycles. The Morgan fingerprint density at radius 1 is 1.50 bits per heavy atom. The number of rotatable bonds is 5. The molecule has 0 amide bonds. The van der Waals surface area contributed by atoms with Crippen LogP contribution in [0.4, 0.5) is 5.13 Å². The zero-order valence-corrected chi connectivity index (χ0v) is 19.0. The van der Waals surface area contributed by atoms with Crippen molar-refractivity contribution < 1.29 is 19.7 Å². The molecule has 11 nitrogen and oxygen atoms in total. The molecule has 4 N–H and O–H groups in total. The summed E-state index contributed by atoms with van der Waals surface area (Å²) in [5.41, 5.74) is 4.22. The Labute approximate surface area is 196 Å². The summed E-state index contributed by atoms with van der Waals surface area (Å²) >= 11 is 11.9. The van der Waals surface area contributed by atoms with Crippen molar-refractivity contribution in [2.24, 2.45) is 0 Å². The minimum Gasteiger partial charge on any atom is -0.394 e. The summed E-state index contributed by atoms with van der Waals surface area (Å²) in [5.74, 6) is 0. The molecule has 0 aromatic carbocycles. The number of nitrogens with two attached hydrogens (primary N) is 1. The Bertz CT molecular complexity index is 1170. The van der Waals surface area contributed by atoms with Crippen LogP contribution >= 0.6 is 35.6 Å². The van der Waals surface area contributed by atoms with E-state index < -0.39 is 35.9 Å². The molecule has 4 heterocycles. The van der Waals surface area contributed by atoms with Gasteiger partial charge in [-0.05, 0) is 6.07 Å². The first kappa shape index (κ1) is 22.9. The number of hydrogen-bond donors (Lipinski definition) is 4. The molecule has 0 saturated carbocycles. The monoisotopic (exact) mass is 495 g/mol. The summed E-state index contributed by atoms with van der Waals surface area (Å²) in [6.07, 6.45) is -0.685. The standard InChI is InChI=1S/C18H18ClN7O4S2/c1-29-15-16(31)30-13(6-27)14(28)18(15,9-2-8(19)4-22-10(9)3-20)26-5-11(24-25-26)12-7-32-17(21)23-12/h2,4-5,7,13-16,27-28,31H,6H2,1H3,(H2,21,23)/t13-,14+,15+,16-,18+/m0/s1. The molecule has 32 heavy (non-hydrogen) atoms. The van der Waals surface area contributed by atoms with Gasteiger partial charge in [-0.3, -0.25) is 0 Å². The predicted octanol–water partition coefficient (Wildman–Crippen LogP) is 0.670. The Hall–Kier alpha value is -2.31. The van der Waals surface area contributed by atoms with Crippen LogP contribution in [0.1, 0.15) is 11.3 Å². The van der Waals surface area contributed by atoms with Gasteiger partial charge in [-0.25, -0.2) is 14.6 Å². The normalized spacial score (nSPS) is 27.9. The number of nitrogens with zero attached hydrogens (tertiary/aromatic N) is 6. The summed E-state index contributed by atoms with van der Waals surface area (Å²) in [5, 5.41) is 41.9. The van der Waals surface area contributed by atoms with Crippen LogP contribution < -0.4 is 5.73 Å². The fourth-order valence-corrected chi connectivity index (χ4v) is 5.16. The van der Waals surface area contributed by atoms with Crippen LogP contribution in [0.5, 0.6) is 0 Å². The first-order chi connectivity index (χ1) is 15.4. The molecule has 0 spiro atoms. The molecule has 0 aliphatic carbocycles. The number of nitriles is 1. The second-order valence-electron chi connectivity index (χ2n) is 6.95. The van der Waals surface area contributed by atoms with Gasteiger partial charge in [-0.1, -0.05) is 16.8 Å². The summed E-state index contributed by atoms with van der Waals surface area (Å²) in [6.45, 7) is -0.531. The highest BCUT2D eigenvalue weighted by Gasteiger charge is 2.60. The van der Waals surface area contributed by atoms with Gasteiger partial charge in [0.25, 0.3) is 0 Å². The van der Waals surface area contributed by atoms with E-state index in [2.05, 4.69) is 32.9 Å². The third-order valence-corrected chi connectivity index (χ3v) is 6.57. The quantitative estimate of drug-likeness (QED) is 0.369. The van der Waals surface area contributed by atoms with Gasteiger partial charge in [0, 0.05) is 24.3 Å². The van der Waals surface area contributed by atoms with Crippen molar-refractivity contribution in [2.75, 3.05) is 19.5 Å². The molecular weight excluding hydrogens is 478 g/mol. The minimum absolute atomic E-state index is 0.0235. The van der Waals surface area contributed by atoms with Crippen LogP contribution in [0.3, 0.4) is 0 Å². The number of thiol groups is 1. The van der Waals surface area contributed by atoms with E-state index in [1.54, 1.807) is 5.38 Å². The number of nitrogen functional groups attached to an aromatic ring is 1. The van der Waals surface area contributed by atoms with E-state index in [0.717, 1.165) is 0 Å². The smallest absolute Gasteiger partial charge is 0.180 e. The SMILES string of the molecule is CO[C@@H]1[C@H](S)O[C@@H](CO)[C@@H](O)[C@@]1(c1cc(Cl)cnc1C#N)n1cc(-c2csc(N)n2)nn1. The average molecular weight is 496 g/mol. The van der Waals surface area contributed by atoms with E-state index in [9.17, 15) is 15.5 Å². The second-order valence-corrected chi connectivity index (χ2v) is 8.79. The van der Waals surface area contributed by atoms with Gasteiger partial charge in [0.05, 0.1) is 17.8 Å². The summed E-state index contributed by atoms with van der Waals surface area (Å²) in [4.78, 5) is 8.32. The summed E-state index contributed by atoms with van der Waals surface area (Å²) in [7, 11) is 1.40. The molecule has 5 atom stereocenters. The Kier molecular flexibility index (Phi) is 6.37. The molecule has 0 radical (unpaired) electrons. The molecule has 0 unspecified atom stereocenters. The molecule has 3 aromatic rings. The number of aliphatic hydroxyl groups is 2. The summed E-state index contributed by atoms with van der Waals surface area (Å²) < 4.78 is 12.7. The molecular formula is C18H18ClN7O4S2. The van der Waals surface area contributed by atoms with Crippen molar-refractivity contribution in [3.8, 4) is 17.5 Å². The van der Waals surface area contributed by atoms with Crippen LogP contribution in [0.25, 0.3) is 11.4 Å². The fraction of sp³-hybridized carbons (Fsp3) is 0.389. The number of anilines is 1. The first-order valence-corrected chi connectivity index (χ1v) is 11.0. The van der Waals surface area contributed by atoms with E-state index in [1.807, 2.05) is 6.07 Å². The van der Waals surface area contributed by atoms with Gasteiger partial charge in [-0.15, -0.1) is 29.1 Å². The van der Waals surface area contributed by atoms with E-state index >= 15 is 0 Å². The predicted molar refractivity (Wildman–Crippen MR) is 118 cm³/mol. The number of aliphatic hydroxyl groups excluding tert-OH is 2. The van der Waals surface area contributed by atoms with Crippen molar-refractivity contribution in [1.29, 1.82) is 5.26 Å². The lowest BCUT2D eigenvalue weighted by Crippen LogP contribution is -2.68. The topological polar surface area (TPSA) is 165 Å². The average Bonchev–Trinajstić information content (AvgIpc) is 3.44. The third kappa shape index (κ3) is 3.54. The van der Waals surface area contributed by atoms with Crippen molar-refractivity contribution >= 4 is 40.7 Å². The largest absolute Gasteiger partial charge is 0.394 e. The van der Waals surface area contributed by atoms with Crippen LogP contribution in [0.2, 0.25) is 5.02 Å². The number of halogens is 1. The van der Waals surface area contributed by atoms with Gasteiger partial charge in [0.15, 0.2) is 5.13 Å². The van der Waals surface area contributed by atoms with Crippen molar-refractivity contribution in [3.05, 3.63) is 40.1 Å². The van der Waals surface area contributed by atoms with Crippen molar-refractivity contribution in [3.63, 3.8) is 0 Å². The van der Waals surface area contributed by atoms with E-state index in [1.165, 1.54) is 41.6 Å². The first-order valence-electron chi connectivity index (χ1n) is 9.22. The number of thiazole rings is 1. The second kappa shape index (κ2) is 8.91. The molecule has 4 rings (SSSR count). The van der Waals surface area contributed by atoms with E-state index in [-0.39, 0.29) is 16.3 Å². The maximum Gasteiger partial charge on any atom is 0.180 e. The molecule has 1 aliphatic rings. The van der Waals surface area contributed by atoms with Gasteiger partial charge in [0.2, 0.25) is 0 Å². The highest BCUT2D eigenvalue weighted by molar-refractivity contribution is 7.80. The third-order valence-electron chi connectivity index (χ3n) is 5.29. The molecule has 1 saturated heterocycles. The van der Waals surface area contributed by atoms with Gasteiger partial charge >= 0.3 is 0 Å². The zero-order chi connectivity index (χ0) is 23.0. The fourth-order valence-electron chi connectivity index (χ4n) is 3.94. The number of pyridine rings is 1. The molecule has 14 heteroatoms. The van der Waals surface area contributed by atoms with E-state index in [0.29, 0.717) is 16.5 Å². The van der Waals surface area contributed by atoms with Crippen molar-refractivity contribution in [2.45, 2.75) is 29.3 Å². The Morgan fingerprint density at radius 3 is 2.91 bits per heavy atom. The minimum atomic E-state index is -1.64. The van der Waals surface area contributed by atoms with Crippen LogP contribution in [0.15, 0.2) is 23.8 Å². The lowest BCUT2D eigenvalue weighted by Gasteiger charge is -2.51. The molecule has 168 valence electrons. The summed E-state index contributed by atoms with van der Waals surface area (Å²) in [6, 6.07) is 3.51.